The van der Waals surface area contributed by atoms with Gasteiger partial charge in [0.25, 0.3) is 0 Å². The van der Waals surface area contributed by atoms with Gasteiger partial charge < -0.3 is 9.47 Å². The summed E-state index contributed by atoms with van der Waals surface area (Å²) < 4.78 is 1.97. The molecule has 2 heterocycles. The molecule has 0 aromatic carbocycles. The molecule has 0 atom stereocenters. The monoisotopic (exact) mass is 261 g/mol. The Morgan fingerprint density at radius 2 is 2.26 bits per heavy atom. The Morgan fingerprint density at radius 3 is 2.95 bits per heavy atom. The number of nitrogens with zero attached hydrogens (tertiary/aromatic N) is 3. The number of carbonyl (C=O) groups is 2. The van der Waals surface area contributed by atoms with Crippen molar-refractivity contribution in [1.29, 1.82) is 0 Å². The van der Waals surface area contributed by atoms with Gasteiger partial charge in [-0.1, -0.05) is 19.3 Å². The van der Waals surface area contributed by atoms with Gasteiger partial charge >= 0.3 is 0 Å². The summed E-state index contributed by atoms with van der Waals surface area (Å²) in [6, 6.07) is 0. The molecule has 3 rings (SSSR count). The number of hydrogen-bond donors (Lipinski definition) is 0. The fourth-order valence-electron chi connectivity index (χ4n) is 2.85. The molecule has 0 unspecified atom stereocenters. The molecule has 5 nitrogen and oxygen atoms in total. The first-order chi connectivity index (χ1) is 9.28. The Hall–Kier alpha value is -1.65. The highest BCUT2D eigenvalue weighted by Crippen LogP contribution is 2.30. The number of aldehydes is 1. The van der Waals surface area contributed by atoms with Crippen LogP contribution < -0.4 is 0 Å². The number of imidazole rings is 1. The summed E-state index contributed by atoms with van der Waals surface area (Å²) in [6.45, 7) is 1.99. The van der Waals surface area contributed by atoms with Gasteiger partial charge in [0.2, 0.25) is 5.91 Å². The summed E-state index contributed by atoms with van der Waals surface area (Å²) >= 11 is 0. The molecule has 5 heteroatoms. The molecule has 2 aliphatic rings. The van der Waals surface area contributed by atoms with E-state index in [1.165, 1.54) is 19.3 Å². The number of amides is 1. The molecule has 1 aliphatic heterocycles. The minimum Gasteiger partial charge on any atom is -0.335 e. The van der Waals surface area contributed by atoms with E-state index >= 15 is 0 Å². The molecule has 0 bridgehead atoms. The predicted molar refractivity (Wildman–Crippen MR) is 69.6 cm³/mol. The number of aromatic nitrogens is 2. The van der Waals surface area contributed by atoms with Crippen LogP contribution in [0.2, 0.25) is 0 Å². The molecule has 0 N–H and O–H groups in total. The summed E-state index contributed by atoms with van der Waals surface area (Å²) in [4.78, 5) is 29.0. The largest absolute Gasteiger partial charge is 0.335 e. The van der Waals surface area contributed by atoms with E-state index in [4.69, 9.17) is 0 Å². The summed E-state index contributed by atoms with van der Waals surface area (Å²) in [6.07, 6.45) is 8.03. The third kappa shape index (κ3) is 2.41. The van der Waals surface area contributed by atoms with Crippen molar-refractivity contribution in [2.24, 2.45) is 5.92 Å². The highest BCUT2D eigenvalue weighted by Gasteiger charge is 2.25. The van der Waals surface area contributed by atoms with Crippen LogP contribution >= 0.6 is 0 Å². The van der Waals surface area contributed by atoms with Crippen molar-refractivity contribution in [3.8, 4) is 0 Å². The van der Waals surface area contributed by atoms with Crippen LogP contribution in [-0.2, 0) is 17.9 Å². The molecule has 1 aromatic heterocycles. The SMILES string of the molecule is O=Cc1ncn2c1CN(C(=O)CCC1CCC1)CC2. The molecule has 19 heavy (non-hydrogen) atoms. The number of carbonyl (C=O) groups excluding carboxylic acids is 2. The molecule has 0 spiro atoms. The number of rotatable bonds is 4. The normalized spacial score (nSPS) is 18.8. The van der Waals surface area contributed by atoms with Gasteiger partial charge in [-0.25, -0.2) is 4.98 Å². The Labute approximate surface area is 112 Å². The first-order valence-corrected chi connectivity index (χ1v) is 7.05. The molecule has 1 aromatic rings. The zero-order valence-corrected chi connectivity index (χ0v) is 11.0. The average molecular weight is 261 g/mol. The predicted octanol–water partition coefficient (Wildman–Crippen LogP) is 1.62. The summed E-state index contributed by atoms with van der Waals surface area (Å²) in [5, 5.41) is 0. The third-order valence-electron chi connectivity index (χ3n) is 4.39. The van der Waals surface area contributed by atoms with E-state index in [1.807, 2.05) is 9.47 Å². The van der Waals surface area contributed by atoms with Crippen LogP contribution in [0.3, 0.4) is 0 Å². The zero-order chi connectivity index (χ0) is 13.2. The van der Waals surface area contributed by atoms with Crippen LogP contribution in [0.4, 0.5) is 0 Å². The van der Waals surface area contributed by atoms with Crippen molar-refractivity contribution in [3.63, 3.8) is 0 Å². The van der Waals surface area contributed by atoms with E-state index in [9.17, 15) is 9.59 Å². The van der Waals surface area contributed by atoms with Crippen molar-refractivity contribution in [2.75, 3.05) is 6.54 Å². The first kappa shape index (κ1) is 12.4. The Balaban J connectivity index is 1.60. The average Bonchev–Trinajstić information content (AvgIpc) is 2.78. The smallest absolute Gasteiger partial charge is 0.222 e. The quantitative estimate of drug-likeness (QED) is 0.774. The lowest BCUT2D eigenvalue weighted by Gasteiger charge is -2.30. The minimum atomic E-state index is 0.219. The molecule has 1 amide bonds. The Morgan fingerprint density at radius 1 is 1.42 bits per heavy atom. The zero-order valence-electron chi connectivity index (χ0n) is 11.0. The summed E-state index contributed by atoms with van der Waals surface area (Å²) in [5.41, 5.74) is 1.34. The molecule has 1 saturated carbocycles. The van der Waals surface area contributed by atoms with Crippen LogP contribution in [-0.4, -0.2) is 33.2 Å². The molecule has 0 radical (unpaired) electrons. The second-order valence-corrected chi connectivity index (χ2v) is 5.54. The first-order valence-electron chi connectivity index (χ1n) is 7.05. The molecule has 0 saturated heterocycles. The van der Waals surface area contributed by atoms with Gasteiger partial charge in [0.15, 0.2) is 6.29 Å². The maximum absolute atomic E-state index is 12.2. The van der Waals surface area contributed by atoms with E-state index < -0.39 is 0 Å². The number of hydrogen-bond acceptors (Lipinski definition) is 3. The standard InChI is InChI=1S/C14H19N3O2/c18-9-12-13-8-16(6-7-17(13)10-15-12)14(19)5-4-11-2-1-3-11/h9-11H,1-8H2. The van der Waals surface area contributed by atoms with E-state index in [2.05, 4.69) is 4.98 Å². The van der Waals surface area contributed by atoms with Gasteiger partial charge in [-0.15, -0.1) is 0 Å². The van der Waals surface area contributed by atoms with Crippen molar-refractivity contribution in [3.05, 3.63) is 17.7 Å². The minimum absolute atomic E-state index is 0.219. The van der Waals surface area contributed by atoms with Crippen LogP contribution in [0.1, 0.15) is 48.3 Å². The van der Waals surface area contributed by atoms with E-state index in [-0.39, 0.29) is 5.91 Å². The lowest BCUT2D eigenvalue weighted by atomic mass is 9.82. The third-order valence-corrected chi connectivity index (χ3v) is 4.39. The van der Waals surface area contributed by atoms with Gasteiger partial charge in [-0.2, -0.15) is 0 Å². The van der Waals surface area contributed by atoms with Crippen LogP contribution in [0.5, 0.6) is 0 Å². The molecular weight excluding hydrogens is 242 g/mol. The fourth-order valence-corrected chi connectivity index (χ4v) is 2.85. The molecule has 1 fully saturated rings. The lowest BCUT2D eigenvalue weighted by molar-refractivity contribution is -0.133. The highest BCUT2D eigenvalue weighted by molar-refractivity contribution is 5.77. The van der Waals surface area contributed by atoms with Gasteiger partial charge in [0, 0.05) is 19.5 Å². The van der Waals surface area contributed by atoms with Crippen LogP contribution in [0.15, 0.2) is 6.33 Å². The van der Waals surface area contributed by atoms with Gasteiger partial charge in [-0.05, 0) is 12.3 Å². The Bertz CT molecular complexity index is 491. The number of fused-ring (bicyclic) bond motifs is 1. The van der Waals surface area contributed by atoms with Gasteiger partial charge in [-0.3, -0.25) is 9.59 Å². The van der Waals surface area contributed by atoms with E-state index in [0.29, 0.717) is 18.7 Å². The fraction of sp³-hybridized carbons (Fsp3) is 0.643. The maximum atomic E-state index is 12.2. The summed E-state index contributed by atoms with van der Waals surface area (Å²) in [5.74, 6) is 0.987. The maximum Gasteiger partial charge on any atom is 0.222 e. The topological polar surface area (TPSA) is 55.2 Å². The molecule has 102 valence electrons. The second-order valence-electron chi connectivity index (χ2n) is 5.54. The van der Waals surface area contributed by atoms with Gasteiger partial charge in [0.05, 0.1) is 18.6 Å². The van der Waals surface area contributed by atoms with Crippen LogP contribution in [0.25, 0.3) is 0 Å². The van der Waals surface area contributed by atoms with Crippen molar-refractivity contribution >= 4 is 12.2 Å². The van der Waals surface area contributed by atoms with Gasteiger partial charge in [0.1, 0.15) is 5.69 Å². The highest BCUT2D eigenvalue weighted by atomic mass is 16.2. The van der Waals surface area contributed by atoms with Crippen molar-refractivity contribution in [2.45, 2.75) is 45.2 Å². The Kier molecular flexibility index (Phi) is 3.36. The van der Waals surface area contributed by atoms with E-state index in [1.54, 1.807) is 6.33 Å². The molecule has 1 aliphatic carbocycles. The second kappa shape index (κ2) is 5.15. The van der Waals surface area contributed by atoms with Crippen molar-refractivity contribution < 1.29 is 9.59 Å². The van der Waals surface area contributed by atoms with E-state index in [0.717, 1.165) is 37.4 Å². The van der Waals surface area contributed by atoms with Crippen molar-refractivity contribution in [1.82, 2.24) is 14.5 Å². The lowest BCUT2D eigenvalue weighted by Crippen LogP contribution is -2.38. The molecular formula is C14H19N3O2. The summed E-state index contributed by atoms with van der Waals surface area (Å²) in [7, 11) is 0. The van der Waals surface area contributed by atoms with Crippen LogP contribution in [0, 0.1) is 5.92 Å².